The highest BCUT2D eigenvalue weighted by Gasteiger charge is 2.03. The summed E-state index contributed by atoms with van der Waals surface area (Å²) in [4.78, 5) is 11.9. The Hall–Kier alpha value is -3.06. The lowest BCUT2D eigenvalue weighted by molar-refractivity contribution is 0.252. The summed E-state index contributed by atoms with van der Waals surface area (Å²) in [5.74, 6) is 0.794. The van der Waals surface area contributed by atoms with Gasteiger partial charge < -0.3 is 14.6 Å². The minimum absolute atomic E-state index is 0.415. The largest absolute Gasteiger partial charge is 0.497 e. The molecule has 26 heavy (non-hydrogen) atoms. The molecule has 1 heterocycles. The average Bonchev–Trinajstić information content (AvgIpc) is 3.10. The van der Waals surface area contributed by atoms with Crippen molar-refractivity contribution in [2.45, 2.75) is 0 Å². The smallest absolute Gasteiger partial charge is 0.339 e. The first-order chi connectivity index (χ1) is 12.7. The Bertz CT molecular complexity index is 919. The van der Waals surface area contributed by atoms with Gasteiger partial charge in [-0.2, -0.15) is 5.10 Å². The molecule has 0 fully saturated rings. The number of urea groups is 1. The standard InChI is InChI=1S/C19H17BrN4O2/c1-26-18-9-7-16(8-10-18)24-11-3-6-17(24)13-21-23-19(25)22-15-5-2-4-14(20)12-15/h2-13H,1H3,(H2,22,23,25)/b21-13+. The highest BCUT2D eigenvalue weighted by atomic mass is 79.9. The first-order valence-electron chi connectivity index (χ1n) is 7.83. The topological polar surface area (TPSA) is 67.6 Å². The van der Waals surface area contributed by atoms with Crippen LogP contribution in [0.25, 0.3) is 5.69 Å². The van der Waals surface area contributed by atoms with Crippen molar-refractivity contribution in [3.8, 4) is 11.4 Å². The fraction of sp³-hybridized carbons (Fsp3) is 0.0526. The van der Waals surface area contributed by atoms with E-state index in [1.54, 1.807) is 25.5 Å². The predicted octanol–water partition coefficient (Wildman–Crippen LogP) is 4.40. The molecule has 0 saturated heterocycles. The molecule has 0 spiro atoms. The van der Waals surface area contributed by atoms with E-state index in [2.05, 4.69) is 31.8 Å². The first-order valence-corrected chi connectivity index (χ1v) is 8.62. The maximum Gasteiger partial charge on any atom is 0.339 e. The minimum Gasteiger partial charge on any atom is -0.497 e. The van der Waals surface area contributed by atoms with E-state index in [4.69, 9.17) is 4.74 Å². The van der Waals surface area contributed by atoms with Gasteiger partial charge in [-0.05, 0) is 54.6 Å². The van der Waals surface area contributed by atoms with Crippen molar-refractivity contribution in [1.82, 2.24) is 9.99 Å². The molecule has 7 heteroatoms. The van der Waals surface area contributed by atoms with E-state index in [1.807, 2.05) is 59.3 Å². The number of benzene rings is 2. The number of amides is 2. The fourth-order valence-corrected chi connectivity index (χ4v) is 2.76. The number of rotatable bonds is 5. The summed E-state index contributed by atoms with van der Waals surface area (Å²) in [6.07, 6.45) is 3.51. The molecule has 0 aliphatic heterocycles. The average molecular weight is 413 g/mol. The van der Waals surface area contributed by atoms with E-state index >= 15 is 0 Å². The van der Waals surface area contributed by atoms with Gasteiger partial charge in [0.1, 0.15) is 5.75 Å². The molecule has 132 valence electrons. The molecular formula is C19H17BrN4O2. The molecule has 0 radical (unpaired) electrons. The van der Waals surface area contributed by atoms with E-state index in [0.717, 1.165) is 21.6 Å². The summed E-state index contributed by atoms with van der Waals surface area (Å²) in [5, 5.41) is 6.72. The number of hydrogen-bond acceptors (Lipinski definition) is 3. The number of nitrogens with zero attached hydrogens (tertiary/aromatic N) is 2. The second-order valence-corrected chi connectivity index (χ2v) is 6.25. The molecule has 0 saturated carbocycles. The number of halogens is 1. The molecule has 0 unspecified atom stereocenters. The van der Waals surface area contributed by atoms with Crippen LogP contribution in [0.1, 0.15) is 5.69 Å². The Balaban J connectivity index is 1.64. The Morgan fingerprint density at radius 1 is 1.15 bits per heavy atom. The molecular weight excluding hydrogens is 396 g/mol. The van der Waals surface area contributed by atoms with Gasteiger partial charge in [0, 0.05) is 22.0 Å². The maximum atomic E-state index is 11.9. The van der Waals surface area contributed by atoms with Crippen LogP contribution < -0.4 is 15.5 Å². The number of hydrogen-bond donors (Lipinski definition) is 2. The van der Waals surface area contributed by atoms with Crippen molar-refractivity contribution >= 4 is 33.9 Å². The number of hydrazone groups is 1. The third kappa shape index (κ3) is 4.52. The van der Waals surface area contributed by atoms with Gasteiger partial charge >= 0.3 is 6.03 Å². The highest BCUT2D eigenvalue weighted by molar-refractivity contribution is 9.10. The third-order valence-corrected chi connectivity index (χ3v) is 4.07. The molecule has 0 atom stereocenters. The van der Waals surface area contributed by atoms with Crippen LogP contribution in [-0.4, -0.2) is 23.9 Å². The van der Waals surface area contributed by atoms with Crippen LogP contribution in [0.4, 0.5) is 10.5 Å². The van der Waals surface area contributed by atoms with Crippen LogP contribution in [0.5, 0.6) is 5.75 Å². The number of anilines is 1. The molecule has 2 N–H and O–H groups in total. The van der Waals surface area contributed by atoms with E-state index in [-0.39, 0.29) is 0 Å². The molecule has 0 aliphatic rings. The van der Waals surface area contributed by atoms with Crippen molar-refractivity contribution in [2.75, 3.05) is 12.4 Å². The number of methoxy groups -OCH3 is 1. The fourth-order valence-electron chi connectivity index (χ4n) is 2.36. The van der Waals surface area contributed by atoms with E-state index in [9.17, 15) is 4.79 Å². The van der Waals surface area contributed by atoms with Crippen LogP contribution in [0.15, 0.2) is 76.4 Å². The molecule has 2 amide bonds. The molecule has 3 rings (SSSR count). The molecule has 0 bridgehead atoms. The van der Waals surface area contributed by atoms with E-state index in [1.165, 1.54) is 0 Å². The Labute approximate surface area is 159 Å². The number of nitrogens with one attached hydrogen (secondary N) is 2. The summed E-state index contributed by atoms with van der Waals surface area (Å²) in [7, 11) is 1.63. The van der Waals surface area contributed by atoms with E-state index in [0.29, 0.717) is 5.69 Å². The predicted molar refractivity (Wildman–Crippen MR) is 106 cm³/mol. The van der Waals surface area contributed by atoms with Gasteiger partial charge in [-0.15, -0.1) is 0 Å². The van der Waals surface area contributed by atoms with Crippen molar-refractivity contribution in [3.63, 3.8) is 0 Å². The Kier molecular flexibility index (Phi) is 5.70. The zero-order chi connectivity index (χ0) is 18.4. The van der Waals surface area contributed by atoms with Gasteiger partial charge in [0.25, 0.3) is 0 Å². The third-order valence-electron chi connectivity index (χ3n) is 3.58. The van der Waals surface area contributed by atoms with Gasteiger partial charge in [0.15, 0.2) is 0 Å². The number of ether oxygens (including phenoxy) is 1. The van der Waals surface area contributed by atoms with Crippen molar-refractivity contribution < 1.29 is 9.53 Å². The van der Waals surface area contributed by atoms with Gasteiger partial charge in [-0.3, -0.25) is 0 Å². The Morgan fingerprint density at radius 3 is 2.69 bits per heavy atom. The lowest BCUT2D eigenvalue weighted by atomic mass is 10.3. The lowest BCUT2D eigenvalue weighted by Gasteiger charge is -2.07. The summed E-state index contributed by atoms with van der Waals surface area (Å²) >= 11 is 3.36. The van der Waals surface area contributed by atoms with Crippen LogP contribution in [0.2, 0.25) is 0 Å². The van der Waals surface area contributed by atoms with Gasteiger partial charge in [0.2, 0.25) is 0 Å². The number of carbonyl (C=O) groups excluding carboxylic acids is 1. The summed E-state index contributed by atoms with van der Waals surface area (Å²) in [6, 6.07) is 18.4. The quantitative estimate of drug-likeness (QED) is 0.481. The Morgan fingerprint density at radius 2 is 1.96 bits per heavy atom. The second kappa shape index (κ2) is 8.35. The normalized spacial score (nSPS) is 10.7. The minimum atomic E-state index is -0.415. The van der Waals surface area contributed by atoms with Gasteiger partial charge in [-0.25, -0.2) is 10.2 Å². The van der Waals surface area contributed by atoms with Crippen LogP contribution in [0, 0.1) is 0 Å². The zero-order valence-corrected chi connectivity index (χ0v) is 15.6. The van der Waals surface area contributed by atoms with Crippen LogP contribution >= 0.6 is 15.9 Å². The number of carbonyl (C=O) groups is 1. The van der Waals surface area contributed by atoms with Gasteiger partial charge in [0.05, 0.1) is 19.0 Å². The summed E-state index contributed by atoms with van der Waals surface area (Å²) < 4.78 is 8.01. The lowest BCUT2D eigenvalue weighted by Crippen LogP contribution is -2.24. The SMILES string of the molecule is COc1ccc(-n2cccc2/C=N/NC(=O)Nc2cccc(Br)c2)cc1. The molecule has 1 aromatic heterocycles. The highest BCUT2D eigenvalue weighted by Crippen LogP contribution is 2.17. The zero-order valence-electron chi connectivity index (χ0n) is 14.0. The van der Waals surface area contributed by atoms with E-state index < -0.39 is 6.03 Å². The van der Waals surface area contributed by atoms with Crippen LogP contribution in [-0.2, 0) is 0 Å². The number of aromatic nitrogens is 1. The van der Waals surface area contributed by atoms with Crippen molar-refractivity contribution in [1.29, 1.82) is 0 Å². The van der Waals surface area contributed by atoms with Crippen LogP contribution in [0.3, 0.4) is 0 Å². The summed E-state index contributed by atoms with van der Waals surface area (Å²) in [5.41, 5.74) is 4.93. The molecule has 0 aliphatic carbocycles. The second-order valence-electron chi connectivity index (χ2n) is 5.34. The molecule has 6 nitrogen and oxygen atoms in total. The van der Waals surface area contributed by atoms with Crippen molar-refractivity contribution in [2.24, 2.45) is 5.10 Å². The summed E-state index contributed by atoms with van der Waals surface area (Å²) in [6.45, 7) is 0. The maximum absolute atomic E-state index is 11.9. The van der Waals surface area contributed by atoms with Gasteiger partial charge in [-0.1, -0.05) is 22.0 Å². The molecule has 2 aromatic carbocycles. The first kappa shape index (κ1) is 17.8. The monoisotopic (exact) mass is 412 g/mol. The van der Waals surface area contributed by atoms with Crippen molar-refractivity contribution in [3.05, 3.63) is 77.0 Å². The molecule has 3 aromatic rings.